The van der Waals surface area contributed by atoms with Gasteiger partial charge in [-0.05, 0) is 37.1 Å². The van der Waals surface area contributed by atoms with Crippen molar-refractivity contribution in [3.05, 3.63) is 51.2 Å². The normalized spacial score (nSPS) is 20.8. The largest absolute Gasteiger partial charge is 0.496 e. The van der Waals surface area contributed by atoms with Crippen LogP contribution in [0, 0.1) is 5.41 Å². The quantitative estimate of drug-likeness (QED) is 0.729. The molecule has 0 saturated heterocycles. The van der Waals surface area contributed by atoms with Crippen molar-refractivity contribution in [2.75, 3.05) is 21.3 Å². The molecule has 2 aliphatic rings. The minimum Gasteiger partial charge on any atom is -0.496 e. The lowest BCUT2D eigenvalue weighted by Gasteiger charge is -2.19. The summed E-state index contributed by atoms with van der Waals surface area (Å²) in [6.45, 7) is 1.88. The topological polar surface area (TPSA) is 99.9 Å². The van der Waals surface area contributed by atoms with Crippen LogP contribution in [0.4, 0.5) is 0 Å². The van der Waals surface area contributed by atoms with Gasteiger partial charge in [0.15, 0.2) is 11.5 Å². The van der Waals surface area contributed by atoms with Gasteiger partial charge >= 0.3 is 5.97 Å². The number of rotatable bonds is 7. The summed E-state index contributed by atoms with van der Waals surface area (Å²) in [7, 11) is 4.67. The molecule has 8 heteroatoms. The molecule has 1 aliphatic carbocycles. The van der Waals surface area contributed by atoms with Crippen LogP contribution in [0.25, 0.3) is 18.2 Å². The van der Waals surface area contributed by atoms with Gasteiger partial charge in [-0.1, -0.05) is 13.0 Å². The highest BCUT2D eigenvalue weighted by Gasteiger charge is 2.62. The summed E-state index contributed by atoms with van der Waals surface area (Å²) in [5, 5.41) is 9.55. The Hall–Kier alpha value is -3.55. The standard InChI is InChI=1S/C23H24N2O6/c1-5-14-15(7-6-13-10-17(30-3)18(31-4)11-16(13)29-2)24-20-8-9-23(22(27)28)12-19(23)25(20)21(14)26/h6-11,19H,5,12H2,1-4H3,(H,27,28)/b7-6+. The number of carbonyl (C=O) groups is 1. The minimum absolute atomic E-state index is 0.191. The first-order valence-corrected chi connectivity index (χ1v) is 9.96. The zero-order valence-corrected chi connectivity index (χ0v) is 17.8. The summed E-state index contributed by atoms with van der Waals surface area (Å²) in [6, 6.07) is 3.14. The molecule has 1 saturated carbocycles. The first-order chi connectivity index (χ1) is 14.9. The number of nitrogens with zero attached hydrogens (tertiary/aromatic N) is 2. The van der Waals surface area contributed by atoms with E-state index < -0.39 is 11.4 Å². The Morgan fingerprint density at radius 3 is 2.48 bits per heavy atom. The number of carboxylic acid groups (broad SMARTS) is 1. The molecule has 2 atom stereocenters. The van der Waals surface area contributed by atoms with E-state index in [2.05, 4.69) is 4.98 Å². The molecule has 0 bridgehead atoms. The highest BCUT2D eigenvalue weighted by atomic mass is 16.5. The van der Waals surface area contributed by atoms with Gasteiger partial charge in [0.2, 0.25) is 0 Å². The van der Waals surface area contributed by atoms with Gasteiger partial charge < -0.3 is 19.3 Å². The van der Waals surface area contributed by atoms with E-state index in [0.717, 1.165) is 5.56 Å². The maximum absolute atomic E-state index is 13.2. The zero-order chi connectivity index (χ0) is 22.3. The predicted octanol–water partition coefficient (Wildman–Crippen LogP) is 3.04. The summed E-state index contributed by atoms with van der Waals surface area (Å²) in [5.41, 5.74) is 0.659. The monoisotopic (exact) mass is 424 g/mol. The molecule has 0 spiro atoms. The highest BCUT2D eigenvalue weighted by Crippen LogP contribution is 2.59. The van der Waals surface area contributed by atoms with Gasteiger partial charge in [-0.25, -0.2) is 4.98 Å². The second kappa shape index (κ2) is 7.61. The molecule has 1 aliphatic heterocycles. The summed E-state index contributed by atoms with van der Waals surface area (Å²) >= 11 is 0. The second-order valence-electron chi connectivity index (χ2n) is 7.54. The van der Waals surface area contributed by atoms with Crippen molar-refractivity contribution in [2.24, 2.45) is 5.41 Å². The molecule has 0 radical (unpaired) electrons. The molecule has 1 aromatic carbocycles. The molecular formula is C23H24N2O6. The van der Waals surface area contributed by atoms with Gasteiger partial charge in [0.1, 0.15) is 17.0 Å². The first kappa shape index (κ1) is 20.7. The number of methoxy groups -OCH3 is 3. The molecule has 31 heavy (non-hydrogen) atoms. The van der Waals surface area contributed by atoms with E-state index in [1.807, 2.05) is 13.0 Å². The summed E-state index contributed by atoms with van der Waals surface area (Å²) in [4.78, 5) is 29.5. The molecule has 1 fully saturated rings. The Balaban J connectivity index is 1.78. The van der Waals surface area contributed by atoms with Crippen LogP contribution in [0.15, 0.2) is 23.0 Å². The lowest BCUT2D eigenvalue weighted by Crippen LogP contribution is -2.32. The van der Waals surface area contributed by atoms with Gasteiger partial charge in [0, 0.05) is 17.2 Å². The number of hydrogen-bond donors (Lipinski definition) is 1. The molecule has 0 amide bonds. The molecule has 4 rings (SSSR count). The third kappa shape index (κ3) is 3.19. The van der Waals surface area contributed by atoms with Crippen molar-refractivity contribution in [1.82, 2.24) is 9.55 Å². The second-order valence-corrected chi connectivity index (χ2v) is 7.54. The van der Waals surface area contributed by atoms with Gasteiger partial charge in [0.25, 0.3) is 5.56 Å². The van der Waals surface area contributed by atoms with Crippen LogP contribution in [0.3, 0.4) is 0 Å². The maximum Gasteiger partial charge on any atom is 0.315 e. The number of benzene rings is 1. The van der Waals surface area contributed by atoms with E-state index in [-0.39, 0.29) is 11.6 Å². The van der Waals surface area contributed by atoms with Crippen LogP contribution in [0.2, 0.25) is 0 Å². The van der Waals surface area contributed by atoms with Gasteiger partial charge in [0.05, 0.1) is 33.1 Å². The fraction of sp³-hybridized carbons (Fsp3) is 0.348. The van der Waals surface area contributed by atoms with Crippen LogP contribution in [0.5, 0.6) is 17.2 Å². The highest BCUT2D eigenvalue weighted by molar-refractivity contribution is 5.84. The van der Waals surface area contributed by atoms with Crippen LogP contribution in [0.1, 0.15) is 42.0 Å². The Morgan fingerprint density at radius 2 is 1.87 bits per heavy atom. The molecule has 2 aromatic rings. The third-order valence-electron chi connectivity index (χ3n) is 5.98. The Morgan fingerprint density at radius 1 is 1.19 bits per heavy atom. The average Bonchev–Trinajstić information content (AvgIpc) is 3.53. The maximum atomic E-state index is 13.2. The number of hydrogen-bond acceptors (Lipinski definition) is 6. The Kier molecular flexibility index (Phi) is 5.08. The van der Waals surface area contributed by atoms with Crippen LogP contribution < -0.4 is 19.8 Å². The van der Waals surface area contributed by atoms with Gasteiger partial charge in [-0.2, -0.15) is 0 Å². The molecule has 1 N–H and O–H groups in total. The van der Waals surface area contributed by atoms with E-state index in [1.54, 1.807) is 51.7 Å². The van der Waals surface area contributed by atoms with Crippen LogP contribution >= 0.6 is 0 Å². The molecule has 2 heterocycles. The van der Waals surface area contributed by atoms with E-state index in [1.165, 1.54) is 4.57 Å². The lowest BCUT2D eigenvalue weighted by molar-refractivity contribution is -0.141. The summed E-state index contributed by atoms with van der Waals surface area (Å²) < 4.78 is 17.7. The smallest absolute Gasteiger partial charge is 0.315 e. The fourth-order valence-corrected chi connectivity index (χ4v) is 4.13. The molecule has 8 nitrogen and oxygen atoms in total. The molecular weight excluding hydrogens is 400 g/mol. The van der Waals surface area contributed by atoms with Crippen molar-refractivity contribution >= 4 is 24.2 Å². The van der Waals surface area contributed by atoms with Gasteiger partial charge in [-0.3, -0.25) is 14.2 Å². The van der Waals surface area contributed by atoms with Crippen molar-refractivity contribution in [3.63, 3.8) is 0 Å². The molecule has 2 unspecified atom stereocenters. The minimum atomic E-state index is -0.978. The number of aliphatic carboxylic acids is 1. The third-order valence-corrected chi connectivity index (χ3v) is 5.98. The predicted molar refractivity (Wildman–Crippen MR) is 116 cm³/mol. The zero-order valence-electron chi connectivity index (χ0n) is 17.8. The Bertz CT molecular complexity index is 1180. The Labute approximate surface area is 179 Å². The molecule has 162 valence electrons. The van der Waals surface area contributed by atoms with Crippen LogP contribution in [-0.4, -0.2) is 42.0 Å². The molecule has 1 aromatic heterocycles. The summed E-state index contributed by atoms with van der Waals surface area (Å²) in [5.74, 6) is 1.26. The average molecular weight is 424 g/mol. The number of fused-ring (bicyclic) bond motifs is 3. The number of carboxylic acids is 1. The van der Waals surface area contributed by atoms with Crippen molar-refractivity contribution in [1.29, 1.82) is 0 Å². The van der Waals surface area contributed by atoms with Gasteiger partial charge in [-0.15, -0.1) is 0 Å². The first-order valence-electron chi connectivity index (χ1n) is 9.96. The van der Waals surface area contributed by atoms with E-state index in [9.17, 15) is 14.7 Å². The van der Waals surface area contributed by atoms with Crippen molar-refractivity contribution in [3.8, 4) is 17.2 Å². The van der Waals surface area contributed by atoms with E-state index in [0.29, 0.717) is 47.2 Å². The van der Waals surface area contributed by atoms with Crippen molar-refractivity contribution < 1.29 is 24.1 Å². The summed E-state index contributed by atoms with van der Waals surface area (Å²) in [6.07, 6.45) is 7.75. The fourth-order valence-electron chi connectivity index (χ4n) is 4.13. The van der Waals surface area contributed by atoms with E-state index >= 15 is 0 Å². The SMILES string of the molecule is CCc1c(/C=C/c2cc(OC)c(OC)cc2OC)nc2n(c1=O)C1CC1(C(=O)O)C=C2. The van der Waals surface area contributed by atoms with Crippen LogP contribution in [-0.2, 0) is 11.2 Å². The number of ether oxygens (including phenoxy) is 3. The van der Waals surface area contributed by atoms with Crippen molar-refractivity contribution in [2.45, 2.75) is 25.8 Å². The van der Waals surface area contributed by atoms with E-state index in [4.69, 9.17) is 14.2 Å². The number of aromatic nitrogens is 2. The lowest BCUT2D eigenvalue weighted by atomic mass is 10.0.